The monoisotopic (exact) mass is 1910 g/mol. The molecule has 0 spiro atoms. The molecule has 5 aromatic rings. The molecule has 2 aromatic heterocycles. The van der Waals surface area contributed by atoms with Gasteiger partial charge in [0, 0.05) is 28.6 Å². The minimum absolute atomic E-state index is 0.260. The van der Waals surface area contributed by atoms with E-state index in [-0.39, 0.29) is 11.5 Å². The summed E-state index contributed by atoms with van der Waals surface area (Å²) in [6.45, 7) is 17.3. The molecule has 0 amide bonds. The van der Waals surface area contributed by atoms with Gasteiger partial charge < -0.3 is 52.4 Å². The molecule has 0 radical (unpaired) electrons. The van der Waals surface area contributed by atoms with Gasteiger partial charge in [-0.3, -0.25) is 4.79 Å². The molecule has 786 valence electrons. The summed E-state index contributed by atoms with van der Waals surface area (Å²) >= 11 is 0. The summed E-state index contributed by atoms with van der Waals surface area (Å²) in [4.78, 5) is 22.6. The summed E-state index contributed by atoms with van der Waals surface area (Å²) < 4.78 is 61.2. The lowest BCUT2D eigenvalue weighted by molar-refractivity contribution is 0.104. The van der Waals surface area contributed by atoms with E-state index >= 15 is 4.79 Å². The number of H-pyrrole nitrogens is 2. The molecule has 1 aliphatic rings. The van der Waals surface area contributed by atoms with Gasteiger partial charge in [-0.05, 0) is 99.2 Å². The Kier molecular flexibility index (Phi) is 76.4. The van der Waals surface area contributed by atoms with Crippen LogP contribution in [0, 0.1) is 0 Å². The highest BCUT2D eigenvalue weighted by Crippen LogP contribution is 2.45. The first-order valence-corrected chi connectivity index (χ1v) is 60.3. The zero-order valence-electron chi connectivity index (χ0n) is 90.8. The molecule has 3 heterocycles. The summed E-state index contributed by atoms with van der Waals surface area (Å²) in [5.74, 6) is 5.28. The van der Waals surface area contributed by atoms with E-state index in [0.29, 0.717) is 97.0 Å². The van der Waals surface area contributed by atoms with Crippen molar-refractivity contribution in [2.24, 2.45) is 0 Å². The van der Waals surface area contributed by atoms with Crippen molar-refractivity contribution in [1.82, 2.24) is 9.97 Å². The second-order valence-electron chi connectivity index (χ2n) is 41.8. The average Bonchev–Trinajstić information content (AvgIpc) is 1.55. The maximum atomic E-state index is 15.3. The Labute approximate surface area is 850 Å². The first-order chi connectivity index (χ1) is 68.4. The summed E-state index contributed by atoms with van der Waals surface area (Å²) in [6.07, 6.45) is 111. The summed E-state index contributed by atoms with van der Waals surface area (Å²) in [5, 5.41) is 0. The van der Waals surface area contributed by atoms with E-state index in [9.17, 15) is 0 Å². The number of unbranched alkanes of at least 4 members (excludes halogenated alkanes) is 78. The van der Waals surface area contributed by atoms with E-state index in [1.807, 2.05) is 42.5 Å². The van der Waals surface area contributed by atoms with Crippen molar-refractivity contribution < 1.29 is 47.2 Å². The van der Waals surface area contributed by atoms with Gasteiger partial charge in [-0.1, -0.05) is 554 Å². The van der Waals surface area contributed by atoms with Gasteiger partial charge in [0.25, 0.3) is 0 Å². The zero-order chi connectivity index (χ0) is 97.4. The second kappa shape index (κ2) is 87.5. The van der Waals surface area contributed by atoms with E-state index in [1.165, 1.54) is 462 Å². The van der Waals surface area contributed by atoms with Crippen LogP contribution in [0.1, 0.15) is 597 Å². The molecule has 13 heteroatoms. The molecule has 0 bridgehead atoms. The van der Waals surface area contributed by atoms with Crippen molar-refractivity contribution in [2.75, 3.05) is 39.6 Å². The molecule has 12 nitrogen and oxygen atoms in total. The predicted molar refractivity (Wildman–Crippen MR) is 594 cm³/mol. The lowest BCUT2D eigenvalue weighted by Crippen LogP contribution is -2.28. The van der Waals surface area contributed by atoms with Crippen molar-refractivity contribution in [3.8, 4) is 68.5 Å². The van der Waals surface area contributed by atoms with Crippen molar-refractivity contribution in [3.63, 3.8) is 0 Å². The van der Waals surface area contributed by atoms with Crippen LogP contribution in [0.5, 0.6) is 46.0 Å². The smallest absolute Gasteiger partial charge is 0.490 e. The topological polar surface area (TPSA) is 132 Å². The number of rotatable bonds is 103. The second-order valence-corrected chi connectivity index (χ2v) is 41.8. The maximum Gasteiger partial charge on any atom is 0.864 e. The Morgan fingerprint density at radius 3 is 0.645 bits per heavy atom. The molecular formula is C125H213BN2O10. The van der Waals surface area contributed by atoms with Gasteiger partial charge in [0.2, 0.25) is 17.3 Å². The van der Waals surface area contributed by atoms with Gasteiger partial charge in [-0.2, -0.15) is 0 Å². The molecule has 0 atom stereocenters. The molecule has 1 aliphatic heterocycles. The molecule has 0 saturated carbocycles. The van der Waals surface area contributed by atoms with Crippen LogP contribution < -0.4 is 37.7 Å². The Morgan fingerprint density at radius 2 is 0.428 bits per heavy atom. The predicted octanol–water partition coefficient (Wildman–Crippen LogP) is 41.5. The molecule has 0 unspecified atom stereocenters. The number of fused-ring (bicyclic) bond motifs is 1. The Balaban J connectivity index is 1.27. The van der Waals surface area contributed by atoms with Crippen LogP contribution in [0.25, 0.3) is 28.3 Å². The zero-order valence-corrected chi connectivity index (χ0v) is 90.8. The van der Waals surface area contributed by atoms with E-state index in [1.54, 1.807) is 6.08 Å². The first kappa shape index (κ1) is 121. The Morgan fingerprint density at radius 1 is 0.239 bits per heavy atom. The number of benzene rings is 3. The van der Waals surface area contributed by atoms with Crippen LogP contribution >= 0.6 is 0 Å². The van der Waals surface area contributed by atoms with Crippen LogP contribution in [0.2, 0.25) is 0 Å². The Bertz CT molecular complexity index is 3480. The fraction of sp³-hybridized carbons (Fsp3) is 0.768. The molecule has 3 aromatic carbocycles. The van der Waals surface area contributed by atoms with Crippen molar-refractivity contribution in [1.29, 1.82) is 0 Å². The van der Waals surface area contributed by atoms with Crippen molar-refractivity contribution in [2.45, 2.75) is 581 Å². The van der Waals surface area contributed by atoms with Gasteiger partial charge in [0.15, 0.2) is 23.0 Å². The van der Waals surface area contributed by atoms with E-state index in [2.05, 4.69) is 81.8 Å². The number of hydrogen-bond donors (Lipinski definition) is 2. The summed E-state index contributed by atoms with van der Waals surface area (Å²) in [6, 6.07) is 24.0. The number of carbonyl (C=O) groups excluding carboxylic acids is 1. The number of nitrogens with one attached hydrogen (secondary N) is 2. The fourth-order valence-electron chi connectivity index (χ4n) is 19.8. The normalized spacial score (nSPS) is 12.0. The van der Waals surface area contributed by atoms with E-state index < -0.39 is 7.32 Å². The minimum Gasteiger partial charge on any atom is -0.490 e. The lowest BCUT2D eigenvalue weighted by atomic mass is 10.0. The van der Waals surface area contributed by atoms with Crippen LogP contribution in [-0.4, -0.2) is 62.7 Å². The third kappa shape index (κ3) is 60.5. The van der Waals surface area contributed by atoms with Crippen LogP contribution in [-0.2, 0) is 4.65 Å². The van der Waals surface area contributed by atoms with Crippen LogP contribution in [0.3, 0.4) is 0 Å². The molecule has 2 N–H and O–H groups in total. The quantitative estimate of drug-likeness (QED) is 0.0128. The van der Waals surface area contributed by atoms with E-state index in [0.717, 1.165) is 99.6 Å². The number of allylic oxidation sites excluding steroid dienone is 1. The average molecular weight is 1910 g/mol. The summed E-state index contributed by atoms with van der Waals surface area (Å²) in [7, 11) is -1.16. The third-order valence-corrected chi connectivity index (χ3v) is 28.9. The Hall–Kier alpha value is -6.11. The van der Waals surface area contributed by atoms with Crippen LogP contribution in [0.15, 0.2) is 78.9 Å². The number of carbonyl (C=O) groups is 1. The first-order valence-electron chi connectivity index (χ1n) is 60.3. The third-order valence-electron chi connectivity index (χ3n) is 28.9. The fourth-order valence-corrected chi connectivity index (χ4v) is 19.8. The molecule has 0 aliphatic carbocycles. The number of hydrogen-bond acceptors (Lipinski definition) is 10. The molecular weight excluding hydrogens is 1700 g/mol. The highest BCUT2D eigenvalue weighted by atomic mass is 16.8. The van der Waals surface area contributed by atoms with Gasteiger partial charge >= 0.3 is 7.32 Å². The SMILES string of the molecule is CCCCCCCCCCCCCCCCOc1cc(-c2ccc(C(=O)/C=C(\OB3Oc4ccccc4O3)c3ccc(-c4cc(OCCCCCCCCCCCCCCCC)c(OCCCCCCCCCCCCCCCC)c(OCCCCCCCCCCCCCCCC)c4)[nH]3)[nH]2)cc(OCCCCCCCCCCCCCCCC)c1OCCCCCCCCCCCCCCCC. The van der Waals surface area contributed by atoms with Gasteiger partial charge in [0.1, 0.15) is 17.3 Å². The molecule has 0 saturated heterocycles. The van der Waals surface area contributed by atoms with Crippen LogP contribution in [0.4, 0.5) is 0 Å². The standard InChI is InChI=1S/C125H213BN2O10/c1-7-13-19-25-31-37-43-49-55-61-67-73-79-87-99-130-120-105-110(106-121(131-100-88-80-74-68-62-56-50-44-38-32-26-20-14-8-2)124(120)134-103-91-83-77-71-65-59-53-47-41-35-29-23-17-11-5)112-95-97-114(127-112)116(129)109-119(138-126-136-117-93-85-86-94-118(117)137-126)115-98-96-113(128-115)111-107-122(132-101-89-81-75-69-63-57-51-45-39-33-27-21-15-9-3)125(135-104-92-84-78-72-66-60-54-48-42-36-30-24-18-12-6)123(108-111)133-102-90-82-76-70-64-58-52-46-40-34-28-22-16-10-4/h85-86,93-98,105-109,127-128H,7-84,87-92,99-104H2,1-6H3/b119-109-. The number of aromatic amines is 2. The summed E-state index contributed by atoms with van der Waals surface area (Å²) in [5.41, 5.74) is 4.30. The number of ether oxygens (including phenoxy) is 6. The number of para-hydroxylation sites is 2. The van der Waals surface area contributed by atoms with Crippen molar-refractivity contribution in [3.05, 3.63) is 90.3 Å². The lowest BCUT2D eigenvalue weighted by Gasteiger charge is -2.19. The molecule has 0 fully saturated rings. The minimum atomic E-state index is -1.16. The molecule has 6 rings (SSSR count). The van der Waals surface area contributed by atoms with Gasteiger partial charge in [0.05, 0.1) is 51.0 Å². The number of ketones is 1. The van der Waals surface area contributed by atoms with E-state index in [4.69, 9.17) is 42.4 Å². The molecule has 138 heavy (non-hydrogen) atoms. The largest absolute Gasteiger partial charge is 0.864 e. The van der Waals surface area contributed by atoms with Gasteiger partial charge in [-0.25, -0.2) is 0 Å². The number of aromatic nitrogens is 2. The van der Waals surface area contributed by atoms with Crippen molar-refractivity contribution >= 4 is 18.9 Å². The highest BCUT2D eigenvalue weighted by Gasteiger charge is 2.39. The van der Waals surface area contributed by atoms with Gasteiger partial charge in [-0.15, -0.1) is 0 Å². The maximum absolute atomic E-state index is 15.3. The highest BCUT2D eigenvalue weighted by molar-refractivity contribution is 6.41.